The van der Waals surface area contributed by atoms with E-state index in [1.54, 1.807) is 0 Å². The second-order valence-corrected chi connectivity index (χ2v) is 4.57. The summed E-state index contributed by atoms with van der Waals surface area (Å²) in [5.41, 5.74) is 0. The molecule has 0 unspecified atom stereocenters. The van der Waals surface area contributed by atoms with Crippen molar-refractivity contribution in [1.82, 2.24) is 10.6 Å². The van der Waals surface area contributed by atoms with Crippen LogP contribution in [0, 0.1) is 5.92 Å². The molecule has 0 saturated carbocycles. The molecule has 2 N–H and O–H groups in total. The van der Waals surface area contributed by atoms with Gasteiger partial charge in [0, 0.05) is 26.1 Å². The van der Waals surface area contributed by atoms with Crippen LogP contribution in [0.15, 0.2) is 4.99 Å². The van der Waals surface area contributed by atoms with Crippen molar-refractivity contribution in [2.75, 3.05) is 26.7 Å². The summed E-state index contributed by atoms with van der Waals surface area (Å²) in [4.78, 5) is 15.4. The summed E-state index contributed by atoms with van der Waals surface area (Å²) in [7, 11) is 1.42. The molecule has 5 nitrogen and oxygen atoms in total. The topological polar surface area (TPSA) is 62.7 Å². The van der Waals surface area contributed by atoms with Gasteiger partial charge in [0.1, 0.15) is 0 Å². The van der Waals surface area contributed by atoms with Crippen molar-refractivity contribution in [3.05, 3.63) is 0 Å². The van der Waals surface area contributed by atoms with E-state index in [1.165, 1.54) is 7.11 Å². The largest absolute Gasteiger partial charge is 0.469 e. The molecule has 0 amide bonds. The van der Waals surface area contributed by atoms with Crippen LogP contribution in [0.4, 0.5) is 0 Å². The molecular formula is C13H27N3O2. The maximum absolute atomic E-state index is 10.9. The number of nitrogens with one attached hydrogen (secondary N) is 2. The second kappa shape index (κ2) is 10.9. The first-order valence-electron chi connectivity index (χ1n) is 6.69. The lowest BCUT2D eigenvalue weighted by Gasteiger charge is -2.11. The third-order valence-electron chi connectivity index (χ3n) is 2.29. The molecular weight excluding hydrogens is 230 g/mol. The van der Waals surface area contributed by atoms with Crippen LogP contribution in [0.5, 0.6) is 0 Å². The Labute approximate surface area is 110 Å². The zero-order valence-corrected chi connectivity index (χ0v) is 12.1. The number of carbonyl (C=O) groups is 1. The molecule has 0 aromatic rings. The van der Waals surface area contributed by atoms with Gasteiger partial charge in [-0.15, -0.1) is 0 Å². The van der Waals surface area contributed by atoms with Gasteiger partial charge in [-0.05, 0) is 25.7 Å². The number of hydrogen-bond acceptors (Lipinski definition) is 3. The molecule has 18 heavy (non-hydrogen) atoms. The first-order valence-corrected chi connectivity index (χ1v) is 6.69. The van der Waals surface area contributed by atoms with Crippen LogP contribution >= 0.6 is 0 Å². The average Bonchev–Trinajstić information content (AvgIpc) is 2.34. The maximum Gasteiger partial charge on any atom is 0.305 e. The van der Waals surface area contributed by atoms with Crippen molar-refractivity contribution in [3.63, 3.8) is 0 Å². The van der Waals surface area contributed by atoms with Gasteiger partial charge in [-0.3, -0.25) is 9.79 Å². The van der Waals surface area contributed by atoms with Crippen LogP contribution in [0.1, 0.15) is 40.0 Å². The Morgan fingerprint density at radius 3 is 2.56 bits per heavy atom. The smallest absolute Gasteiger partial charge is 0.305 e. The SMILES string of the molecule is CCNC(=NCC(C)C)NCCCCC(=O)OC. The molecule has 0 atom stereocenters. The normalized spacial score (nSPS) is 11.5. The number of carbonyl (C=O) groups excluding carboxylic acids is 1. The van der Waals surface area contributed by atoms with Gasteiger partial charge in [0.25, 0.3) is 0 Å². The molecule has 5 heteroatoms. The van der Waals surface area contributed by atoms with Crippen molar-refractivity contribution in [2.24, 2.45) is 10.9 Å². The van der Waals surface area contributed by atoms with Gasteiger partial charge < -0.3 is 15.4 Å². The Morgan fingerprint density at radius 2 is 2.00 bits per heavy atom. The van der Waals surface area contributed by atoms with E-state index in [0.29, 0.717) is 12.3 Å². The molecule has 0 aromatic carbocycles. The van der Waals surface area contributed by atoms with Crippen LogP contribution in [0.3, 0.4) is 0 Å². The van der Waals surface area contributed by atoms with Crippen LogP contribution < -0.4 is 10.6 Å². The predicted octanol–water partition coefficient (Wildman–Crippen LogP) is 1.54. The summed E-state index contributed by atoms with van der Waals surface area (Å²) in [6.07, 6.45) is 2.25. The van der Waals surface area contributed by atoms with Gasteiger partial charge in [0.05, 0.1) is 7.11 Å². The quantitative estimate of drug-likeness (QED) is 0.300. The van der Waals surface area contributed by atoms with E-state index in [0.717, 1.165) is 38.4 Å². The third kappa shape index (κ3) is 9.93. The summed E-state index contributed by atoms with van der Waals surface area (Å²) < 4.78 is 4.59. The Kier molecular flexibility index (Phi) is 10.1. The van der Waals surface area contributed by atoms with E-state index in [1.807, 2.05) is 6.92 Å². The highest BCUT2D eigenvalue weighted by molar-refractivity contribution is 5.79. The number of guanidine groups is 1. The molecule has 0 aliphatic heterocycles. The highest BCUT2D eigenvalue weighted by atomic mass is 16.5. The second-order valence-electron chi connectivity index (χ2n) is 4.57. The number of unbranched alkanes of at least 4 members (excludes halogenated alkanes) is 1. The van der Waals surface area contributed by atoms with Gasteiger partial charge >= 0.3 is 5.97 Å². The molecule has 106 valence electrons. The van der Waals surface area contributed by atoms with Crippen molar-refractivity contribution in [3.8, 4) is 0 Å². The van der Waals surface area contributed by atoms with Crippen LogP contribution in [-0.4, -0.2) is 38.7 Å². The third-order valence-corrected chi connectivity index (χ3v) is 2.29. The van der Waals surface area contributed by atoms with Gasteiger partial charge in [-0.1, -0.05) is 13.8 Å². The Morgan fingerprint density at radius 1 is 1.28 bits per heavy atom. The fourth-order valence-electron chi connectivity index (χ4n) is 1.32. The summed E-state index contributed by atoms with van der Waals surface area (Å²) >= 11 is 0. The summed E-state index contributed by atoms with van der Waals surface area (Å²) in [5, 5.41) is 6.45. The van der Waals surface area contributed by atoms with E-state index >= 15 is 0 Å². The molecule has 0 aromatic heterocycles. The van der Waals surface area contributed by atoms with Crippen molar-refractivity contribution in [1.29, 1.82) is 0 Å². The fraction of sp³-hybridized carbons (Fsp3) is 0.846. The van der Waals surface area contributed by atoms with E-state index < -0.39 is 0 Å². The fourth-order valence-corrected chi connectivity index (χ4v) is 1.32. The Balaban J connectivity index is 3.76. The molecule has 0 bridgehead atoms. The van der Waals surface area contributed by atoms with E-state index in [9.17, 15) is 4.79 Å². The lowest BCUT2D eigenvalue weighted by atomic mass is 10.2. The number of hydrogen-bond donors (Lipinski definition) is 2. The van der Waals surface area contributed by atoms with E-state index in [2.05, 4.69) is 34.2 Å². The standard InChI is InChI=1S/C13H27N3O2/c1-5-14-13(16-10-11(2)3)15-9-7-6-8-12(17)18-4/h11H,5-10H2,1-4H3,(H2,14,15,16). The minimum Gasteiger partial charge on any atom is -0.469 e. The molecule has 0 aliphatic carbocycles. The number of rotatable bonds is 8. The van der Waals surface area contributed by atoms with Crippen LogP contribution in [0.25, 0.3) is 0 Å². The zero-order valence-electron chi connectivity index (χ0n) is 12.1. The van der Waals surface area contributed by atoms with Crippen molar-refractivity contribution in [2.45, 2.75) is 40.0 Å². The van der Waals surface area contributed by atoms with Gasteiger partial charge in [-0.2, -0.15) is 0 Å². The summed E-state index contributed by atoms with van der Waals surface area (Å²) in [5.74, 6) is 1.26. The van der Waals surface area contributed by atoms with Crippen molar-refractivity contribution >= 4 is 11.9 Å². The molecule has 0 heterocycles. The minimum atomic E-state index is -0.143. The van der Waals surface area contributed by atoms with Crippen molar-refractivity contribution < 1.29 is 9.53 Å². The highest BCUT2D eigenvalue weighted by Gasteiger charge is 2.00. The van der Waals surface area contributed by atoms with E-state index in [4.69, 9.17) is 0 Å². The monoisotopic (exact) mass is 257 g/mol. The predicted molar refractivity (Wildman–Crippen MR) is 74.7 cm³/mol. The lowest BCUT2D eigenvalue weighted by Crippen LogP contribution is -2.38. The highest BCUT2D eigenvalue weighted by Crippen LogP contribution is 1.96. The molecule has 0 fully saturated rings. The zero-order chi connectivity index (χ0) is 13.8. The molecule has 0 saturated heterocycles. The molecule has 0 rings (SSSR count). The van der Waals surface area contributed by atoms with E-state index in [-0.39, 0.29) is 5.97 Å². The number of methoxy groups -OCH3 is 1. The molecule has 0 spiro atoms. The Hall–Kier alpha value is -1.26. The van der Waals surface area contributed by atoms with Crippen LogP contribution in [0.2, 0.25) is 0 Å². The Bertz CT molecular complexity index is 253. The maximum atomic E-state index is 10.9. The van der Waals surface area contributed by atoms with Gasteiger partial charge in [-0.25, -0.2) is 0 Å². The lowest BCUT2D eigenvalue weighted by molar-refractivity contribution is -0.140. The number of nitrogens with zero attached hydrogens (tertiary/aromatic N) is 1. The van der Waals surface area contributed by atoms with Crippen LogP contribution in [-0.2, 0) is 9.53 Å². The summed E-state index contributed by atoms with van der Waals surface area (Å²) in [6, 6.07) is 0. The average molecular weight is 257 g/mol. The molecule has 0 aliphatic rings. The number of ether oxygens (including phenoxy) is 1. The van der Waals surface area contributed by atoms with Gasteiger partial charge in [0.2, 0.25) is 0 Å². The summed E-state index contributed by atoms with van der Waals surface area (Å²) in [6.45, 7) is 8.82. The first kappa shape index (κ1) is 16.7. The van der Waals surface area contributed by atoms with Gasteiger partial charge in [0.15, 0.2) is 5.96 Å². The number of aliphatic imine (C=N–C) groups is 1. The minimum absolute atomic E-state index is 0.143. The molecule has 0 radical (unpaired) electrons. The first-order chi connectivity index (χ1) is 8.60. The number of esters is 1.